The van der Waals surface area contributed by atoms with E-state index in [1.165, 1.54) is 5.56 Å². The fourth-order valence-electron chi connectivity index (χ4n) is 3.44. The monoisotopic (exact) mass is 375 g/mol. The van der Waals surface area contributed by atoms with Crippen molar-refractivity contribution in [3.8, 4) is 0 Å². The van der Waals surface area contributed by atoms with Gasteiger partial charge in [0.15, 0.2) is 5.11 Å². The van der Waals surface area contributed by atoms with Crippen LogP contribution in [0.5, 0.6) is 0 Å². The number of hydrogen-bond donors (Lipinski definition) is 1. The fraction of sp³-hybridized carbons (Fsp3) is 0.600. The van der Waals surface area contributed by atoms with Gasteiger partial charge in [0.25, 0.3) is 5.91 Å². The molecule has 2 heterocycles. The van der Waals surface area contributed by atoms with Crippen molar-refractivity contribution >= 4 is 28.9 Å². The van der Waals surface area contributed by atoms with Gasteiger partial charge in [-0.2, -0.15) is 0 Å². The van der Waals surface area contributed by atoms with Gasteiger partial charge in [-0.05, 0) is 55.1 Å². The minimum atomic E-state index is -0.226. The second-order valence-corrected chi connectivity index (χ2v) is 7.56. The molecule has 2 aliphatic heterocycles. The number of nitrogens with one attached hydrogen (secondary N) is 1. The first kappa shape index (κ1) is 19.1. The van der Waals surface area contributed by atoms with Crippen LogP contribution in [0.15, 0.2) is 24.3 Å². The van der Waals surface area contributed by atoms with E-state index in [2.05, 4.69) is 48.3 Å². The van der Waals surface area contributed by atoms with Crippen molar-refractivity contribution in [3.05, 3.63) is 29.8 Å². The average molecular weight is 376 g/mol. The Morgan fingerprint density at radius 1 is 1.23 bits per heavy atom. The maximum absolute atomic E-state index is 12.4. The molecule has 1 amide bonds. The summed E-state index contributed by atoms with van der Waals surface area (Å²) in [6.07, 6.45) is 2.75. The van der Waals surface area contributed by atoms with E-state index >= 15 is 0 Å². The molecular weight excluding hydrogens is 346 g/mol. The van der Waals surface area contributed by atoms with Crippen LogP contribution >= 0.6 is 12.2 Å². The summed E-state index contributed by atoms with van der Waals surface area (Å²) in [7, 11) is 0. The van der Waals surface area contributed by atoms with E-state index in [-0.39, 0.29) is 12.0 Å². The molecule has 6 heteroatoms. The lowest BCUT2D eigenvalue weighted by molar-refractivity contribution is -0.142. The minimum Gasteiger partial charge on any atom is -0.368 e. The number of hydrogen-bond acceptors (Lipinski definition) is 3. The topological polar surface area (TPSA) is 44.8 Å². The molecule has 5 nitrogen and oxygen atoms in total. The molecule has 142 valence electrons. The Balaban J connectivity index is 1.48. The molecule has 0 aliphatic carbocycles. The third-order valence-electron chi connectivity index (χ3n) is 5.43. The van der Waals surface area contributed by atoms with E-state index in [1.54, 1.807) is 0 Å². The predicted octanol–water partition coefficient (Wildman–Crippen LogP) is 3.22. The molecule has 0 aromatic heterocycles. The number of thiocarbonyl (C=S) groups is 1. The van der Waals surface area contributed by atoms with Crippen LogP contribution in [0.25, 0.3) is 0 Å². The molecule has 2 saturated heterocycles. The Morgan fingerprint density at radius 2 is 1.88 bits per heavy atom. The lowest BCUT2D eigenvalue weighted by atomic mass is 9.99. The van der Waals surface area contributed by atoms with Crippen molar-refractivity contribution in [2.24, 2.45) is 0 Å². The minimum absolute atomic E-state index is 0.140. The van der Waals surface area contributed by atoms with Crippen LogP contribution in [-0.2, 0) is 9.53 Å². The van der Waals surface area contributed by atoms with Crippen LogP contribution in [0.1, 0.15) is 44.6 Å². The van der Waals surface area contributed by atoms with E-state index in [1.807, 2.05) is 4.90 Å². The first-order chi connectivity index (χ1) is 12.6. The first-order valence-corrected chi connectivity index (χ1v) is 10.1. The molecule has 1 aromatic carbocycles. The number of benzene rings is 1. The van der Waals surface area contributed by atoms with Gasteiger partial charge in [0.1, 0.15) is 6.10 Å². The first-order valence-electron chi connectivity index (χ1n) is 9.64. The smallest absolute Gasteiger partial charge is 0.251 e. The highest BCUT2D eigenvalue weighted by molar-refractivity contribution is 7.80. The van der Waals surface area contributed by atoms with Gasteiger partial charge >= 0.3 is 0 Å². The normalized spacial score (nSPS) is 21.5. The maximum Gasteiger partial charge on any atom is 0.251 e. The van der Waals surface area contributed by atoms with Crippen LogP contribution < -0.4 is 5.32 Å². The van der Waals surface area contributed by atoms with E-state index < -0.39 is 0 Å². The third-order valence-corrected chi connectivity index (χ3v) is 5.79. The summed E-state index contributed by atoms with van der Waals surface area (Å²) in [6, 6.07) is 8.50. The van der Waals surface area contributed by atoms with Crippen LogP contribution in [0.4, 0.5) is 5.69 Å². The van der Waals surface area contributed by atoms with Crippen molar-refractivity contribution in [1.82, 2.24) is 9.80 Å². The van der Waals surface area contributed by atoms with Crippen molar-refractivity contribution in [2.75, 3.05) is 38.1 Å². The Labute approximate surface area is 161 Å². The van der Waals surface area contributed by atoms with E-state index in [9.17, 15) is 4.79 Å². The summed E-state index contributed by atoms with van der Waals surface area (Å²) >= 11 is 5.56. The van der Waals surface area contributed by atoms with Gasteiger partial charge in [0.05, 0.1) is 0 Å². The molecule has 1 aromatic rings. The zero-order valence-corrected chi connectivity index (χ0v) is 16.6. The molecule has 1 N–H and O–H groups in total. The molecule has 0 radical (unpaired) electrons. The van der Waals surface area contributed by atoms with Crippen LogP contribution in [0, 0.1) is 0 Å². The maximum atomic E-state index is 12.4. The number of piperazine rings is 1. The summed E-state index contributed by atoms with van der Waals surface area (Å²) in [4.78, 5) is 16.5. The Bertz CT molecular complexity index is 620. The number of carbonyl (C=O) groups is 1. The molecule has 0 spiro atoms. The Hall–Kier alpha value is -1.66. The summed E-state index contributed by atoms with van der Waals surface area (Å²) in [5.74, 6) is 0.715. The number of carbonyl (C=O) groups excluding carboxylic acids is 1. The molecule has 2 fully saturated rings. The van der Waals surface area contributed by atoms with Gasteiger partial charge in [0.2, 0.25) is 0 Å². The summed E-state index contributed by atoms with van der Waals surface area (Å²) in [6.45, 7) is 8.07. The lowest BCUT2D eigenvalue weighted by Gasteiger charge is -2.37. The highest BCUT2D eigenvalue weighted by Crippen LogP contribution is 2.21. The number of nitrogens with zero attached hydrogens (tertiary/aromatic N) is 2. The number of ether oxygens (including phenoxy) is 1. The number of anilines is 1. The zero-order chi connectivity index (χ0) is 18.5. The Kier molecular flexibility index (Phi) is 6.48. The quantitative estimate of drug-likeness (QED) is 0.819. The van der Waals surface area contributed by atoms with E-state index in [4.69, 9.17) is 17.0 Å². The standard InChI is InChI=1S/C20H29N3O2S/c1-3-15(2)16-6-8-17(9-7-16)21-20(26)23-12-10-22(11-13-23)19(24)18-5-4-14-25-18/h6-9,15,18H,3-5,10-14H2,1-2H3,(H,21,26)/t15-,18-/m1/s1. The SMILES string of the molecule is CC[C@@H](C)c1ccc(NC(=S)N2CCN(C(=O)[C@H]3CCCO3)CC2)cc1. The molecular formula is C20H29N3O2S. The van der Waals surface area contributed by atoms with Crippen molar-refractivity contribution < 1.29 is 9.53 Å². The van der Waals surface area contributed by atoms with Gasteiger partial charge in [-0.15, -0.1) is 0 Å². The highest BCUT2D eigenvalue weighted by Gasteiger charge is 2.30. The second kappa shape index (κ2) is 8.82. The van der Waals surface area contributed by atoms with Crippen molar-refractivity contribution in [2.45, 2.75) is 45.1 Å². The number of rotatable bonds is 4. The molecule has 0 saturated carbocycles. The summed E-state index contributed by atoms with van der Waals surface area (Å²) in [5, 5.41) is 4.05. The summed E-state index contributed by atoms with van der Waals surface area (Å²) in [5.41, 5.74) is 2.37. The van der Waals surface area contributed by atoms with Gasteiger partial charge < -0.3 is 19.9 Å². The Morgan fingerprint density at radius 3 is 2.46 bits per heavy atom. The van der Waals surface area contributed by atoms with Crippen molar-refractivity contribution in [1.29, 1.82) is 0 Å². The van der Waals surface area contributed by atoms with Crippen LogP contribution in [0.2, 0.25) is 0 Å². The molecule has 0 bridgehead atoms. The molecule has 3 rings (SSSR count). The van der Waals surface area contributed by atoms with E-state index in [0.717, 1.165) is 43.2 Å². The predicted molar refractivity (Wildman–Crippen MR) is 108 cm³/mol. The molecule has 2 aliphatic rings. The second-order valence-electron chi connectivity index (χ2n) is 7.18. The zero-order valence-electron chi connectivity index (χ0n) is 15.7. The number of amides is 1. The summed E-state index contributed by atoms with van der Waals surface area (Å²) < 4.78 is 5.51. The highest BCUT2D eigenvalue weighted by atomic mass is 32.1. The molecule has 2 atom stereocenters. The third kappa shape index (κ3) is 4.54. The largest absolute Gasteiger partial charge is 0.368 e. The van der Waals surface area contributed by atoms with Gasteiger partial charge in [-0.1, -0.05) is 26.0 Å². The van der Waals surface area contributed by atoms with Gasteiger partial charge in [0, 0.05) is 38.5 Å². The molecule has 0 unspecified atom stereocenters. The van der Waals surface area contributed by atoms with Gasteiger partial charge in [-0.25, -0.2) is 0 Å². The lowest BCUT2D eigenvalue weighted by Crippen LogP contribution is -2.53. The van der Waals surface area contributed by atoms with Crippen LogP contribution in [0.3, 0.4) is 0 Å². The average Bonchev–Trinajstić information content (AvgIpc) is 3.22. The van der Waals surface area contributed by atoms with Crippen molar-refractivity contribution in [3.63, 3.8) is 0 Å². The van der Waals surface area contributed by atoms with E-state index in [0.29, 0.717) is 25.6 Å². The molecule has 26 heavy (non-hydrogen) atoms. The fourth-order valence-corrected chi connectivity index (χ4v) is 3.74. The van der Waals surface area contributed by atoms with Crippen LogP contribution in [-0.4, -0.2) is 59.7 Å². The van der Waals surface area contributed by atoms with Gasteiger partial charge in [-0.3, -0.25) is 4.79 Å².